The number of hydrogen-bond acceptors (Lipinski definition) is 4. The fraction of sp³-hybridized carbons (Fsp3) is 0.613. The first-order chi connectivity index (χ1) is 17.7. The molecule has 2 amide bonds. The molecule has 0 spiro atoms. The maximum atomic E-state index is 13.7. The monoisotopic (exact) mass is 527 g/mol. The van der Waals surface area contributed by atoms with E-state index < -0.39 is 5.54 Å². The van der Waals surface area contributed by atoms with Crippen LogP contribution in [0.15, 0.2) is 42.6 Å². The van der Waals surface area contributed by atoms with Crippen LogP contribution in [-0.2, 0) is 27.4 Å². The Bertz CT molecular complexity index is 1030. The number of methoxy groups -OCH3 is 2. The highest BCUT2D eigenvalue weighted by molar-refractivity contribution is 5.85. The van der Waals surface area contributed by atoms with Gasteiger partial charge in [0.15, 0.2) is 0 Å². The van der Waals surface area contributed by atoms with E-state index in [2.05, 4.69) is 38.3 Å². The summed E-state index contributed by atoms with van der Waals surface area (Å²) >= 11 is 0. The molecule has 0 N–H and O–H groups in total. The number of carbonyl (C=O) groups excluding carboxylic acids is 2. The zero-order valence-electron chi connectivity index (χ0n) is 25.0. The predicted octanol–water partition coefficient (Wildman–Crippen LogP) is 5.61. The lowest BCUT2D eigenvalue weighted by molar-refractivity contribution is -0.145. The number of nitrogens with zero attached hydrogens (tertiary/aromatic N) is 3. The minimum atomic E-state index is -0.419. The molecular weight excluding hydrogens is 478 g/mol. The third-order valence-corrected chi connectivity index (χ3v) is 6.57. The molecule has 0 fully saturated rings. The molecule has 0 bridgehead atoms. The third kappa shape index (κ3) is 10.2. The minimum Gasteiger partial charge on any atom is -0.497 e. The molecule has 0 aliphatic carbocycles. The summed E-state index contributed by atoms with van der Waals surface area (Å²) in [6, 6.07) is 12.1. The van der Waals surface area contributed by atoms with Gasteiger partial charge in [-0.05, 0) is 68.4 Å². The molecule has 0 saturated heterocycles. The number of ether oxygens (including phenoxy) is 2. The van der Waals surface area contributed by atoms with Crippen LogP contribution in [0.1, 0.15) is 72.6 Å². The molecule has 2 aromatic rings. The van der Waals surface area contributed by atoms with Crippen LogP contribution in [0.3, 0.4) is 0 Å². The van der Waals surface area contributed by atoms with Gasteiger partial charge in [-0.25, -0.2) is 0 Å². The van der Waals surface area contributed by atoms with Crippen LogP contribution >= 0.6 is 0 Å². The number of carbonyl (C=O) groups is 2. The Labute approximate surface area is 230 Å². The zero-order valence-corrected chi connectivity index (χ0v) is 25.0. The Morgan fingerprint density at radius 1 is 1.00 bits per heavy atom. The molecular formula is C31H49N3O4. The van der Waals surface area contributed by atoms with Crippen LogP contribution in [0.4, 0.5) is 0 Å². The molecule has 0 aliphatic rings. The smallest absolute Gasteiger partial charge is 0.242 e. The van der Waals surface area contributed by atoms with Gasteiger partial charge in [0.2, 0.25) is 11.8 Å². The standard InChI is InChI=1S/C31H49N3O4/c1-24(20-30(2,3)4)18-28(35)33(16-17-37-8)23-29(36)34(31(5,6)7)22-26-13-11-15-32(26)21-25-12-10-14-27(19-25)38-9/h10-15,19,24H,16-18,20-23H2,1-9H3. The summed E-state index contributed by atoms with van der Waals surface area (Å²) in [6.45, 7) is 16.7. The van der Waals surface area contributed by atoms with Gasteiger partial charge in [0.1, 0.15) is 5.75 Å². The third-order valence-electron chi connectivity index (χ3n) is 6.57. The number of rotatable bonds is 13. The Kier molecular flexibility index (Phi) is 11.4. The summed E-state index contributed by atoms with van der Waals surface area (Å²) in [6.07, 6.45) is 3.40. The second-order valence-corrected chi connectivity index (χ2v) is 12.5. The van der Waals surface area contributed by atoms with Gasteiger partial charge in [-0.2, -0.15) is 0 Å². The lowest BCUT2D eigenvalue weighted by Gasteiger charge is -2.37. The number of aromatic nitrogens is 1. The van der Waals surface area contributed by atoms with Gasteiger partial charge in [-0.3, -0.25) is 9.59 Å². The van der Waals surface area contributed by atoms with Crippen molar-refractivity contribution in [1.29, 1.82) is 0 Å². The minimum absolute atomic E-state index is 0.00223. The molecule has 2 rings (SSSR count). The lowest BCUT2D eigenvalue weighted by Crippen LogP contribution is -2.51. The fourth-order valence-corrected chi connectivity index (χ4v) is 4.86. The molecule has 1 aromatic carbocycles. The Hall–Kier alpha value is -2.80. The van der Waals surface area contributed by atoms with Crippen molar-refractivity contribution in [2.45, 2.75) is 79.9 Å². The number of hydrogen-bond donors (Lipinski definition) is 0. The molecule has 38 heavy (non-hydrogen) atoms. The summed E-state index contributed by atoms with van der Waals surface area (Å²) < 4.78 is 12.8. The highest BCUT2D eigenvalue weighted by Gasteiger charge is 2.30. The first kappa shape index (κ1) is 31.4. The first-order valence-electron chi connectivity index (χ1n) is 13.6. The van der Waals surface area contributed by atoms with Gasteiger partial charge >= 0.3 is 0 Å². The second kappa shape index (κ2) is 13.8. The topological polar surface area (TPSA) is 64.0 Å². The molecule has 212 valence electrons. The largest absolute Gasteiger partial charge is 0.497 e. The molecule has 0 aliphatic heterocycles. The maximum absolute atomic E-state index is 13.7. The first-order valence-corrected chi connectivity index (χ1v) is 13.6. The zero-order chi connectivity index (χ0) is 28.5. The van der Waals surface area contributed by atoms with E-state index in [-0.39, 0.29) is 29.7 Å². The average Bonchev–Trinajstić information content (AvgIpc) is 3.24. The summed E-state index contributed by atoms with van der Waals surface area (Å²) in [7, 11) is 3.28. The Morgan fingerprint density at radius 3 is 2.32 bits per heavy atom. The van der Waals surface area contributed by atoms with Crippen molar-refractivity contribution in [3.63, 3.8) is 0 Å². The van der Waals surface area contributed by atoms with E-state index in [0.29, 0.717) is 32.7 Å². The molecule has 1 aromatic heterocycles. The van der Waals surface area contributed by atoms with Crippen LogP contribution in [0.25, 0.3) is 0 Å². The van der Waals surface area contributed by atoms with Crippen LogP contribution in [-0.4, -0.2) is 65.6 Å². The average molecular weight is 528 g/mol. The van der Waals surface area contributed by atoms with Crippen molar-refractivity contribution >= 4 is 11.8 Å². The van der Waals surface area contributed by atoms with Gasteiger partial charge in [0, 0.05) is 44.0 Å². The van der Waals surface area contributed by atoms with Crippen molar-refractivity contribution < 1.29 is 19.1 Å². The van der Waals surface area contributed by atoms with Gasteiger partial charge in [0.05, 0.1) is 26.8 Å². The maximum Gasteiger partial charge on any atom is 0.242 e. The van der Waals surface area contributed by atoms with Crippen molar-refractivity contribution in [1.82, 2.24) is 14.4 Å². The Morgan fingerprint density at radius 2 is 1.71 bits per heavy atom. The predicted molar refractivity (Wildman–Crippen MR) is 153 cm³/mol. The van der Waals surface area contributed by atoms with Crippen molar-refractivity contribution in [3.05, 3.63) is 53.9 Å². The molecule has 7 heteroatoms. The summed E-state index contributed by atoms with van der Waals surface area (Å²) in [5, 5.41) is 0. The molecule has 0 saturated carbocycles. The molecule has 1 heterocycles. The summed E-state index contributed by atoms with van der Waals surface area (Å²) in [4.78, 5) is 30.5. The van der Waals surface area contributed by atoms with Crippen LogP contribution < -0.4 is 4.74 Å². The SMILES string of the molecule is COCCN(CC(=O)N(Cc1cccn1Cc1cccc(OC)c1)C(C)(C)C)C(=O)CC(C)CC(C)(C)C. The van der Waals surface area contributed by atoms with E-state index >= 15 is 0 Å². The molecule has 1 unspecified atom stereocenters. The van der Waals surface area contributed by atoms with Crippen LogP contribution in [0, 0.1) is 11.3 Å². The Balaban J connectivity index is 2.19. The van der Waals surface area contributed by atoms with Crippen molar-refractivity contribution in [2.75, 3.05) is 33.9 Å². The van der Waals surface area contributed by atoms with Gasteiger partial charge in [-0.1, -0.05) is 39.8 Å². The lowest BCUT2D eigenvalue weighted by atomic mass is 9.84. The quantitative estimate of drug-likeness (QED) is 0.340. The van der Waals surface area contributed by atoms with Gasteiger partial charge < -0.3 is 23.8 Å². The van der Waals surface area contributed by atoms with E-state index in [1.807, 2.05) is 62.2 Å². The number of benzene rings is 1. The fourth-order valence-electron chi connectivity index (χ4n) is 4.86. The highest BCUT2D eigenvalue weighted by atomic mass is 16.5. The molecule has 0 radical (unpaired) electrons. The van der Waals surface area contributed by atoms with E-state index in [1.165, 1.54) is 0 Å². The summed E-state index contributed by atoms with van der Waals surface area (Å²) in [5.41, 5.74) is 1.88. The van der Waals surface area contributed by atoms with Crippen LogP contribution in [0.2, 0.25) is 0 Å². The van der Waals surface area contributed by atoms with Crippen LogP contribution in [0.5, 0.6) is 5.75 Å². The van der Waals surface area contributed by atoms with E-state index in [0.717, 1.165) is 23.4 Å². The van der Waals surface area contributed by atoms with Gasteiger partial charge in [-0.15, -0.1) is 0 Å². The van der Waals surface area contributed by atoms with E-state index in [9.17, 15) is 9.59 Å². The van der Waals surface area contributed by atoms with Crippen molar-refractivity contribution in [3.8, 4) is 5.75 Å². The molecule has 7 nitrogen and oxygen atoms in total. The van der Waals surface area contributed by atoms with Gasteiger partial charge in [0.25, 0.3) is 0 Å². The second-order valence-electron chi connectivity index (χ2n) is 12.5. The van der Waals surface area contributed by atoms with Crippen molar-refractivity contribution in [2.24, 2.45) is 11.3 Å². The molecule has 1 atom stereocenters. The van der Waals surface area contributed by atoms with E-state index in [4.69, 9.17) is 9.47 Å². The number of amides is 2. The highest BCUT2D eigenvalue weighted by Crippen LogP contribution is 2.26. The van der Waals surface area contributed by atoms with E-state index in [1.54, 1.807) is 19.1 Å². The summed E-state index contributed by atoms with van der Waals surface area (Å²) in [5.74, 6) is 0.989. The normalized spacial score (nSPS) is 12.8.